The summed E-state index contributed by atoms with van der Waals surface area (Å²) in [6.07, 6.45) is 6.69. The standard InChI is InChI=1S/C19H31NO.C2H6/c1-16(2)18-10-9-17(3)15-19(18)21-14-8-13-20-11-6-4-5-7-12-20;1-2/h9-10,15-16H,4-8,11-14H2,1-3H3;1-2H3. The Morgan fingerprint density at radius 1 is 1.04 bits per heavy atom. The maximum atomic E-state index is 6.07. The second-order valence-electron chi connectivity index (χ2n) is 6.65. The van der Waals surface area contributed by atoms with Gasteiger partial charge in [-0.1, -0.05) is 52.7 Å². The van der Waals surface area contributed by atoms with Crippen molar-refractivity contribution in [1.29, 1.82) is 0 Å². The van der Waals surface area contributed by atoms with Gasteiger partial charge in [-0.2, -0.15) is 0 Å². The minimum absolute atomic E-state index is 0.520. The first-order chi connectivity index (χ1) is 11.2. The zero-order valence-electron chi connectivity index (χ0n) is 16.0. The molecule has 132 valence electrons. The number of aryl methyl sites for hydroxylation is 1. The lowest BCUT2D eigenvalue weighted by atomic mass is 10.0. The van der Waals surface area contributed by atoms with Crippen molar-refractivity contribution < 1.29 is 4.74 Å². The van der Waals surface area contributed by atoms with E-state index < -0.39 is 0 Å². The number of hydrogen-bond acceptors (Lipinski definition) is 2. The lowest BCUT2D eigenvalue weighted by molar-refractivity contribution is 0.238. The van der Waals surface area contributed by atoms with Crippen molar-refractivity contribution in [3.63, 3.8) is 0 Å². The molecule has 0 atom stereocenters. The Morgan fingerprint density at radius 3 is 2.30 bits per heavy atom. The van der Waals surface area contributed by atoms with E-state index in [0.29, 0.717) is 5.92 Å². The van der Waals surface area contributed by atoms with Gasteiger partial charge in [0.15, 0.2) is 0 Å². The van der Waals surface area contributed by atoms with E-state index in [1.165, 1.54) is 56.4 Å². The van der Waals surface area contributed by atoms with E-state index in [0.717, 1.165) is 18.8 Å². The molecule has 0 radical (unpaired) electrons. The lowest BCUT2D eigenvalue weighted by Gasteiger charge is -2.20. The van der Waals surface area contributed by atoms with Crippen LogP contribution >= 0.6 is 0 Å². The smallest absolute Gasteiger partial charge is 0.122 e. The molecule has 1 aromatic carbocycles. The van der Waals surface area contributed by atoms with Gasteiger partial charge >= 0.3 is 0 Å². The molecule has 1 aromatic rings. The third-order valence-electron chi connectivity index (χ3n) is 4.37. The van der Waals surface area contributed by atoms with Crippen molar-refractivity contribution in [3.8, 4) is 5.75 Å². The Hall–Kier alpha value is -1.02. The van der Waals surface area contributed by atoms with Crippen LogP contribution < -0.4 is 4.74 Å². The molecule has 1 fully saturated rings. The number of ether oxygens (including phenoxy) is 1. The summed E-state index contributed by atoms with van der Waals surface area (Å²) in [5.74, 6) is 1.60. The Kier molecular flexibility index (Phi) is 10.0. The van der Waals surface area contributed by atoms with Crippen LogP contribution in [0.4, 0.5) is 0 Å². The summed E-state index contributed by atoms with van der Waals surface area (Å²) in [7, 11) is 0. The van der Waals surface area contributed by atoms with Gasteiger partial charge in [0.05, 0.1) is 6.61 Å². The molecule has 0 aromatic heterocycles. The molecule has 0 spiro atoms. The average Bonchev–Trinajstić information content (AvgIpc) is 2.82. The quantitative estimate of drug-likeness (QED) is 0.615. The van der Waals surface area contributed by atoms with E-state index in [9.17, 15) is 0 Å². The molecule has 0 unspecified atom stereocenters. The minimum atomic E-state index is 0.520. The fourth-order valence-electron chi connectivity index (χ4n) is 3.07. The van der Waals surface area contributed by atoms with Crippen LogP contribution in [0.25, 0.3) is 0 Å². The molecule has 1 heterocycles. The third kappa shape index (κ3) is 7.39. The van der Waals surface area contributed by atoms with Crippen molar-refractivity contribution in [1.82, 2.24) is 4.90 Å². The van der Waals surface area contributed by atoms with Gasteiger partial charge in [0, 0.05) is 6.54 Å². The second kappa shape index (κ2) is 11.5. The first-order valence-electron chi connectivity index (χ1n) is 9.62. The van der Waals surface area contributed by atoms with Gasteiger partial charge in [0.25, 0.3) is 0 Å². The predicted octanol–water partition coefficient (Wildman–Crippen LogP) is 5.79. The monoisotopic (exact) mass is 319 g/mol. The fourth-order valence-corrected chi connectivity index (χ4v) is 3.07. The normalized spacial score (nSPS) is 15.7. The van der Waals surface area contributed by atoms with Crippen LogP contribution in [0.1, 0.15) is 76.8 Å². The molecular formula is C21H37NO. The Morgan fingerprint density at radius 2 is 1.70 bits per heavy atom. The van der Waals surface area contributed by atoms with E-state index >= 15 is 0 Å². The molecule has 2 nitrogen and oxygen atoms in total. The van der Waals surface area contributed by atoms with Crippen molar-refractivity contribution >= 4 is 0 Å². The summed E-state index contributed by atoms with van der Waals surface area (Å²) in [6.45, 7) is 15.2. The topological polar surface area (TPSA) is 12.5 Å². The van der Waals surface area contributed by atoms with Gasteiger partial charge in [-0.3, -0.25) is 0 Å². The van der Waals surface area contributed by atoms with E-state index in [1.807, 2.05) is 13.8 Å². The van der Waals surface area contributed by atoms with Crippen LogP contribution in [-0.4, -0.2) is 31.1 Å². The highest BCUT2D eigenvalue weighted by molar-refractivity contribution is 5.39. The molecule has 2 rings (SSSR count). The SMILES string of the molecule is CC.Cc1ccc(C(C)C)c(OCCCN2CCCCCC2)c1. The number of benzene rings is 1. The zero-order chi connectivity index (χ0) is 17.1. The molecule has 0 bridgehead atoms. The first-order valence-corrected chi connectivity index (χ1v) is 9.62. The van der Waals surface area contributed by atoms with Crippen molar-refractivity contribution in [2.45, 2.75) is 72.6 Å². The van der Waals surface area contributed by atoms with Gasteiger partial charge in [-0.25, -0.2) is 0 Å². The molecule has 0 aliphatic carbocycles. The van der Waals surface area contributed by atoms with Gasteiger partial charge in [0.2, 0.25) is 0 Å². The van der Waals surface area contributed by atoms with E-state index in [-0.39, 0.29) is 0 Å². The molecule has 1 aliphatic rings. The van der Waals surface area contributed by atoms with Gasteiger partial charge in [0.1, 0.15) is 5.75 Å². The largest absolute Gasteiger partial charge is 0.493 e. The summed E-state index contributed by atoms with van der Waals surface area (Å²) in [4.78, 5) is 2.61. The maximum absolute atomic E-state index is 6.07. The summed E-state index contributed by atoms with van der Waals surface area (Å²) in [5.41, 5.74) is 2.61. The Balaban J connectivity index is 0.00000127. The third-order valence-corrected chi connectivity index (χ3v) is 4.37. The maximum Gasteiger partial charge on any atom is 0.122 e. The van der Waals surface area contributed by atoms with Crippen LogP contribution in [0.3, 0.4) is 0 Å². The molecule has 1 aliphatic heterocycles. The summed E-state index contributed by atoms with van der Waals surface area (Å²) >= 11 is 0. The predicted molar refractivity (Wildman–Crippen MR) is 102 cm³/mol. The highest BCUT2D eigenvalue weighted by atomic mass is 16.5. The van der Waals surface area contributed by atoms with Crippen LogP contribution in [0.5, 0.6) is 5.75 Å². The van der Waals surface area contributed by atoms with E-state index in [1.54, 1.807) is 0 Å². The molecule has 23 heavy (non-hydrogen) atoms. The minimum Gasteiger partial charge on any atom is -0.493 e. The zero-order valence-corrected chi connectivity index (χ0v) is 16.0. The molecule has 0 N–H and O–H groups in total. The van der Waals surface area contributed by atoms with Crippen LogP contribution in [0.2, 0.25) is 0 Å². The Bertz CT molecular complexity index is 420. The molecule has 0 saturated carbocycles. The van der Waals surface area contributed by atoms with Gasteiger partial charge < -0.3 is 9.64 Å². The lowest BCUT2D eigenvalue weighted by Crippen LogP contribution is -2.26. The highest BCUT2D eigenvalue weighted by Gasteiger charge is 2.10. The van der Waals surface area contributed by atoms with Crippen LogP contribution in [-0.2, 0) is 0 Å². The van der Waals surface area contributed by atoms with Crippen molar-refractivity contribution in [2.24, 2.45) is 0 Å². The first kappa shape index (κ1) is 20.0. The van der Waals surface area contributed by atoms with Crippen LogP contribution in [0, 0.1) is 6.92 Å². The summed E-state index contributed by atoms with van der Waals surface area (Å²) < 4.78 is 6.07. The molecular weight excluding hydrogens is 282 g/mol. The highest BCUT2D eigenvalue weighted by Crippen LogP contribution is 2.27. The van der Waals surface area contributed by atoms with E-state index in [4.69, 9.17) is 4.74 Å². The molecule has 2 heteroatoms. The number of hydrogen-bond donors (Lipinski definition) is 0. The average molecular weight is 320 g/mol. The van der Waals surface area contributed by atoms with Crippen molar-refractivity contribution in [2.75, 3.05) is 26.2 Å². The molecule has 1 saturated heterocycles. The number of rotatable bonds is 6. The number of likely N-dealkylation sites (tertiary alicyclic amines) is 1. The summed E-state index contributed by atoms with van der Waals surface area (Å²) in [5, 5.41) is 0. The van der Waals surface area contributed by atoms with E-state index in [2.05, 4.69) is 43.9 Å². The van der Waals surface area contributed by atoms with Crippen molar-refractivity contribution in [3.05, 3.63) is 29.3 Å². The fraction of sp³-hybridized carbons (Fsp3) is 0.714. The van der Waals surface area contributed by atoms with Gasteiger partial charge in [-0.05, 0) is 62.4 Å². The van der Waals surface area contributed by atoms with Gasteiger partial charge in [-0.15, -0.1) is 0 Å². The number of nitrogens with zero attached hydrogens (tertiary/aromatic N) is 1. The second-order valence-corrected chi connectivity index (χ2v) is 6.65. The summed E-state index contributed by atoms with van der Waals surface area (Å²) in [6, 6.07) is 6.57. The van der Waals surface area contributed by atoms with Crippen LogP contribution in [0.15, 0.2) is 18.2 Å². The Labute approximate surface area is 144 Å². The molecule has 0 amide bonds.